The van der Waals surface area contributed by atoms with Crippen molar-refractivity contribution in [2.75, 3.05) is 46.2 Å². The molecule has 8 nitrogen and oxygen atoms in total. The summed E-state index contributed by atoms with van der Waals surface area (Å²) in [5.74, 6) is 0.0834. The maximum Gasteiger partial charge on any atom is 0.246 e. The molecule has 1 aromatic rings. The molecule has 1 amide bonds. The number of carbonyl (C=O) groups is 1. The van der Waals surface area contributed by atoms with Crippen molar-refractivity contribution < 1.29 is 17.9 Å². The number of amides is 1. The average molecular weight is 413 g/mol. The number of likely N-dealkylation sites (tertiary alicyclic amines) is 1. The zero-order chi connectivity index (χ0) is 20.9. The molecule has 1 aromatic carbocycles. The number of rotatable bonds is 8. The van der Waals surface area contributed by atoms with Gasteiger partial charge in [-0.1, -0.05) is 13.8 Å². The smallest absolute Gasteiger partial charge is 0.246 e. The summed E-state index contributed by atoms with van der Waals surface area (Å²) >= 11 is 0. The highest BCUT2D eigenvalue weighted by Crippen LogP contribution is 2.28. The molecular weight excluding hydrogens is 380 g/mol. The third kappa shape index (κ3) is 5.91. The van der Waals surface area contributed by atoms with E-state index in [0.29, 0.717) is 17.8 Å². The zero-order valence-corrected chi connectivity index (χ0v) is 18.2. The van der Waals surface area contributed by atoms with Crippen LogP contribution in [-0.4, -0.2) is 76.5 Å². The standard InChI is InChI=1S/C19H32N4O4S/c1-14(2)20-15-8-10-23(11-9-15)13-19(24)21-16-6-7-17(27-5)18(12-16)28(25,26)22(3)4/h6-7,12,14-15,20H,8-11,13H2,1-5H3,(H,21,24). The number of benzene rings is 1. The number of methoxy groups -OCH3 is 1. The van der Waals surface area contributed by atoms with Crippen LogP contribution in [0.2, 0.25) is 0 Å². The summed E-state index contributed by atoms with van der Waals surface area (Å²) in [4.78, 5) is 14.6. The van der Waals surface area contributed by atoms with Crippen molar-refractivity contribution in [3.8, 4) is 5.75 Å². The van der Waals surface area contributed by atoms with Crippen molar-refractivity contribution in [3.05, 3.63) is 18.2 Å². The van der Waals surface area contributed by atoms with Crippen LogP contribution in [0.5, 0.6) is 5.75 Å². The summed E-state index contributed by atoms with van der Waals surface area (Å²) < 4.78 is 31.3. The molecule has 1 saturated heterocycles. The molecule has 0 unspecified atom stereocenters. The first kappa shape index (κ1) is 22.6. The highest BCUT2D eigenvalue weighted by atomic mass is 32.2. The number of piperidine rings is 1. The Morgan fingerprint density at radius 3 is 2.46 bits per heavy atom. The molecule has 0 aliphatic carbocycles. The van der Waals surface area contributed by atoms with Crippen molar-refractivity contribution in [1.29, 1.82) is 0 Å². The second-order valence-corrected chi connectivity index (χ2v) is 9.69. The van der Waals surface area contributed by atoms with Gasteiger partial charge in [-0.2, -0.15) is 0 Å². The first-order chi connectivity index (χ1) is 13.1. The van der Waals surface area contributed by atoms with E-state index >= 15 is 0 Å². The molecule has 28 heavy (non-hydrogen) atoms. The highest BCUT2D eigenvalue weighted by Gasteiger charge is 2.24. The molecule has 0 spiro atoms. The van der Waals surface area contributed by atoms with Gasteiger partial charge >= 0.3 is 0 Å². The molecule has 9 heteroatoms. The minimum Gasteiger partial charge on any atom is -0.495 e. The Balaban J connectivity index is 1.99. The van der Waals surface area contributed by atoms with Gasteiger partial charge in [0, 0.05) is 45.0 Å². The summed E-state index contributed by atoms with van der Waals surface area (Å²) in [6.45, 7) is 6.29. The van der Waals surface area contributed by atoms with Gasteiger partial charge in [-0.3, -0.25) is 9.69 Å². The normalized spacial score (nSPS) is 16.5. The number of anilines is 1. The summed E-state index contributed by atoms with van der Waals surface area (Å²) in [7, 11) is 0.647. The van der Waals surface area contributed by atoms with Gasteiger partial charge in [0.2, 0.25) is 15.9 Å². The third-order valence-corrected chi connectivity index (χ3v) is 6.57. The lowest BCUT2D eigenvalue weighted by atomic mass is 10.0. The van der Waals surface area contributed by atoms with E-state index in [1.54, 1.807) is 12.1 Å². The molecule has 1 aliphatic heterocycles. The van der Waals surface area contributed by atoms with Crippen LogP contribution in [0.1, 0.15) is 26.7 Å². The van der Waals surface area contributed by atoms with Crippen molar-refractivity contribution in [1.82, 2.24) is 14.5 Å². The van der Waals surface area contributed by atoms with Gasteiger partial charge in [0.25, 0.3) is 0 Å². The molecule has 0 radical (unpaired) electrons. The third-order valence-electron chi connectivity index (χ3n) is 4.73. The SMILES string of the molecule is COc1ccc(NC(=O)CN2CCC(NC(C)C)CC2)cc1S(=O)(=O)N(C)C. The number of hydrogen-bond donors (Lipinski definition) is 2. The van der Waals surface area contributed by atoms with Crippen LogP contribution >= 0.6 is 0 Å². The Kier molecular flexibility index (Phi) is 7.82. The molecule has 0 aromatic heterocycles. The lowest BCUT2D eigenvalue weighted by molar-refractivity contribution is -0.117. The van der Waals surface area contributed by atoms with E-state index in [4.69, 9.17) is 4.74 Å². The van der Waals surface area contributed by atoms with Crippen LogP contribution in [0.25, 0.3) is 0 Å². The number of sulfonamides is 1. The fraction of sp³-hybridized carbons (Fsp3) is 0.632. The van der Waals surface area contributed by atoms with Gasteiger partial charge in [-0.15, -0.1) is 0 Å². The first-order valence-corrected chi connectivity index (χ1v) is 11.0. The van der Waals surface area contributed by atoms with Crippen molar-refractivity contribution in [2.24, 2.45) is 0 Å². The molecule has 0 saturated carbocycles. The van der Waals surface area contributed by atoms with Crippen LogP contribution in [-0.2, 0) is 14.8 Å². The van der Waals surface area contributed by atoms with E-state index in [9.17, 15) is 13.2 Å². The molecule has 2 rings (SSSR count). The van der Waals surface area contributed by atoms with Crippen LogP contribution in [0.4, 0.5) is 5.69 Å². The fourth-order valence-electron chi connectivity index (χ4n) is 3.29. The maximum atomic E-state index is 12.5. The number of hydrogen-bond acceptors (Lipinski definition) is 6. The largest absolute Gasteiger partial charge is 0.495 e. The zero-order valence-electron chi connectivity index (χ0n) is 17.4. The summed E-state index contributed by atoms with van der Waals surface area (Å²) in [5, 5.41) is 6.34. The summed E-state index contributed by atoms with van der Waals surface area (Å²) in [5.41, 5.74) is 0.433. The fourth-order valence-corrected chi connectivity index (χ4v) is 4.36. The molecule has 0 atom stereocenters. The molecule has 2 N–H and O–H groups in total. The number of nitrogens with one attached hydrogen (secondary N) is 2. The van der Waals surface area contributed by atoms with Crippen LogP contribution in [0, 0.1) is 0 Å². The van der Waals surface area contributed by atoms with Gasteiger partial charge in [-0.25, -0.2) is 12.7 Å². The van der Waals surface area contributed by atoms with Gasteiger partial charge in [0.05, 0.1) is 13.7 Å². The van der Waals surface area contributed by atoms with Crippen molar-refractivity contribution in [3.63, 3.8) is 0 Å². The summed E-state index contributed by atoms with van der Waals surface area (Å²) in [6, 6.07) is 5.59. The highest BCUT2D eigenvalue weighted by molar-refractivity contribution is 7.89. The minimum absolute atomic E-state index is 0.0263. The topological polar surface area (TPSA) is 91.0 Å². The van der Waals surface area contributed by atoms with E-state index in [2.05, 4.69) is 29.4 Å². The van der Waals surface area contributed by atoms with E-state index in [1.165, 1.54) is 27.3 Å². The van der Waals surface area contributed by atoms with E-state index < -0.39 is 10.0 Å². The average Bonchev–Trinajstić information content (AvgIpc) is 2.62. The molecule has 158 valence electrons. The van der Waals surface area contributed by atoms with Gasteiger partial charge in [-0.05, 0) is 31.0 Å². The molecule has 0 bridgehead atoms. The van der Waals surface area contributed by atoms with Gasteiger partial charge in [0.1, 0.15) is 10.6 Å². The minimum atomic E-state index is -3.68. The molecule has 1 fully saturated rings. The second kappa shape index (κ2) is 9.69. The lowest BCUT2D eigenvalue weighted by Crippen LogP contribution is -2.46. The van der Waals surface area contributed by atoms with Crippen LogP contribution < -0.4 is 15.4 Å². The molecule has 1 aliphatic rings. The van der Waals surface area contributed by atoms with Gasteiger partial charge < -0.3 is 15.4 Å². The Labute approximate surface area is 168 Å². The second-order valence-electron chi connectivity index (χ2n) is 7.57. The van der Waals surface area contributed by atoms with Crippen LogP contribution in [0.3, 0.4) is 0 Å². The number of carbonyl (C=O) groups excluding carboxylic acids is 1. The molecular formula is C19H32N4O4S. The van der Waals surface area contributed by atoms with E-state index in [-0.39, 0.29) is 23.1 Å². The quantitative estimate of drug-likeness (QED) is 0.670. The number of ether oxygens (including phenoxy) is 1. The Morgan fingerprint density at radius 2 is 1.93 bits per heavy atom. The first-order valence-electron chi connectivity index (χ1n) is 9.52. The lowest BCUT2D eigenvalue weighted by Gasteiger charge is -2.33. The van der Waals surface area contributed by atoms with Crippen molar-refractivity contribution >= 4 is 21.6 Å². The van der Waals surface area contributed by atoms with Gasteiger partial charge in [0.15, 0.2) is 0 Å². The maximum absolute atomic E-state index is 12.5. The van der Waals surface area contributed by atoms with Crippen molar-refractivity contribution in [2.45, 2.75) is 43.7 Å². The van der Waals surface area contributed by atoms with E-state index in [1.807, 2.05) is 0 Å². The Bertz CT molecular complexity index is 772. The Hall–Kier alpha value is -1.68. The summed E-state index contributed by atoms with van der Waals surface area (Å²) in [6.07, 6.45) is 2.03. The Morgan fingerprint density at radius 1 is 1.29 bits per heavy atom. The van der Waals surface area contributed by atoms with E-state index in [0.717, 1.165) is 30.2 Å². The monoisotopic (exact) mass is 412 g/mol. The predicted octanol–water partition coefficient (Wildman–Crippen LogP) is 1.35. The number of nitrogens with zero attached hydrogens (tertiary/aromatic N) is 2. The predicted molar refractivity (Wildman–Crippen MR) is 110 cm³/mol. The van der Waals surface area contributed by atoms with Crippen LogP contribution in [0.15, 0.2) is 23.1 Å². The molecule has 1 heterocycles.